The minimum atomic E-state index is -0.736. The lowest BCUT2D eigenvalue weighted by Crippen LogP contribution is -2.40. The Morgan fingerprint density at radius 3 is 2.47 bits per heavy atom. The van der Waals surface area contributed by atoms with E-state index < -0.39 is 5.97 Å². The number of carbonyl (C=O) groups excluding carboxylic acids is 1. The van der Waals surface area contributed by atoms with Gasteiger partial charge in [0.05, 0.1) is 0 Å². The number of carboxylic acid groups (broad SMARTS) is 1. The van der Waals surface area contributed by atoms with Crippen molar-refractivity contribution in [3.8, 4) is 0 Å². The average Bonchev–Trinajstić information content (AvgIpc) is 2.72. The van der Waals surface area contributed by atoms with Crippen LogP contribution in [-0.2, 0) is 9.59 Å². The maximum atomic E-state index is 11.8. The number of carboxylic acids is 1. The molecular weight excluding hydrogens is 244 g/mol. The van der Waals surface area contributed by atoms with E-state index in [0.29, 0.717) is 13.0 Å². The molecule has 2 unspecified atom stereocenters. The minimum absolute atomic E-state index is 0.170. The van der Waals surface area contributed by atoms with Crippen LogP contribution in [0.3, 0.4) is 0 Å². The summed E-state index contributed by atoms with van der Waals surface area (Å²) in [5.74, 6) is -0.361. The lowest BCUT2D eigenvalue weighted by atomic mass is 10.0. The molecule has 1 aliphatic heterocycles. The van der Waals surface area contributed by atoms with Gasteiger partial charge in [-0.2, -0.15) is 0 Å². The molecule has 0 aromatic carbocycles. The van der Waals surface area contributed by atoms with Crippen LogP contribution in [-0.4, -0.2) is 59.0 Å². The van der Waals surface area contributed by atoms with Gasteiger partial charge in [0.1, 0.15) is 6.04 Å². The lowest BCUT2D eigenvalue weighted by molar-refractivity contribution is -0.143. The summed E-state index contributed by atoms with van der Waals surface area (Å²) in [6, 6.07) is -0.372. The smallest absolute Gasteiger partial charge is 0.321 e. The summed E-state index contributed by atoms with van der Waals surface area (Å²) >= 11 is 0. The van der Waals surface area contributed by atoms with E-state index in [2.05, 4.69) is 0 Å². The number of carbonyl (C=O) groups is 2. The molecule has 1 saturated heterocycles. The second-order valence-electron chi connectivity index (χ2n) is 5.25. The van der Waals surface area contributed by atoms with Gasteiger partial charge in [0.25, 0.3) is 0 Å². The minimum Gasteiger partial charge on any atom is -0.480 e. The third-order valence-corrected chi connectivity index (χ3v) is 4.01. The maximum absolute atomic E-state index is 11.8. The van der Waals surface area contributed by atoms with E-state index >= 15 is 0 Å². The summed E-state index contributed by atoms with van der Waals surface area (Å²) in [5, 5.41) is 9.21. The zero-order valence-electron chi connectivity index (χ0n) is 12.3. The summed E-state index contributed by atoms with van der Waals surface area (Å²) in [6.07, 6.45) is 2.19. The van der Waals surface area contributed by atoms with Crippen LogP contribution in [0, 0.1) is 5.92 Å². The van der Waals surface area contributed by atoms with Gasteiger partial charge in [0, 0.05) is 19.5 Å². The number of aliphatic carboxylic acids is 1. The van der Waals surface area contributed by atoms with Crippen molar-refractivity contribution in [2.45, 2.75) is 46.1 Å². The molecule has 0 spiro atoms. The first-order valence-electron chi connectivity index (χ1n) is 7.25. The van der Waals surface area contributed by atoms with Crippen LogP contribution in [0.2, 0.25) is 0 Å². The molecule has 5 heteroatoms. The van der Waals surface area contributed by atoms with Gasteiger partial charge in [-0.15, -0.1) is 0 Å². The van der Waals surface area contributed by atoms with Crippen molar-refractivity contribution < 1.29 is 14.7 Å². The van der Waals surface area contributed by atoms with Crippen molar-refractivity contribution in [3.63, 3.8) is 0 Å². The first-order valence-corrected chi connectivity index (χ1v) is 7.25. The molecular formula is C14H26N2O3. The number of nitrogens with zero attached hydrogens (tertiary/aromatic N) is 2. The molecule has 1 fully saturated rings. The third kappa shape index (κ3) is 4.20. The third-order valence-electron chi connectivity index (χ3n) is 4.01. The van der Waals surface area contributed by atoms with Gasteiger partial charge in [-0.1, -0.05) is 6.92 Å². The average molecular weight is 270 g/mol. The largest absolute Gasteiger partial charge is 0.480 e. The van der Waals surface area contributed by atoms with Crippen LogP contribution in [0.15, 0.2) is 0 Å². The van der Waals surface area contributed by atoms with Gasteiger partial charge >= 0.3 is 5.97 Å². The van der Waals surface area contributed by atoms with Gasteiger partial charge in [0.15, 0.2) is 0 Å². The molecule has 1 N–H and O–H groups in total. The fourth-order valence-corrected chi connectivity index (χ4v) is 2.84. The Hall–Kier alpha value is -1.10. The molecule has 0 aromatic rings. The molecule has 0 bridgehead atoms. The number of hydrogen-bond acceptors (Lipinski definition) is 3. The molecule has 2 atom stereocenters. The second-order valence-corrected chi connectivity index (χ2v) is 5.25. The lowest BCUT2D eigenvalue weighted by Gasteiger charge is -2.24. The Morgan fingerprint density at radius 2 is 1.95 bits per heavy atom. The fourth-order valence-electron chi connectivity index (χ4n) is 2.84. The van der Waals surface area contributed by atoms with Crippen LogP contribution in [0.25, 0.3) is 0 Å². The normalized spacial score (nSPS) is 23.5. The van der Waals surface area contributed by atoms with Gasteiger partial charge < -0.3 is 10.0 Å². The van der Waals surface area contributed by atoms with Crippen molar-refractivity contribution in [1.82, 2.24) is 9.80 Å². The number of rotatable bonds is 7. The zero-order chi connectivity index (χ0) is 14.4. The molecule has 1 aliphatic rings. The van der Waals surface area contributed by atoms with Crippen molar-refractivity contribution in [1.29, 1.82) is 0 Å². The van der Waals surface area contributed by atoms with E-state index in [-0.39, 0.29) is 17.9 Å². The molecule has 5 nitrogen and oxygen atoms in total. The second kappa shape index (κ2) is 7.48. The SMILES string of the molecule is CCN(CC)C(=O)CCCN1CCC(C)C1C(=O)O. The van der Waals surface area contributed by atoms with Gasteiger partial charge in [-0.05, 0) is 45.7 Å². The summed E-state index contributed by atoms with van der Waals surface area (Å²) in [6.45, 7) is 8.96. The topological polar surface area (TPSA) is 60.9 Å². The molecule has 1 amide bonds. The van der Waals surface area contributed by atoms with Gasteiger partial charge in [-0.3, -0.25) is 14.5 Å². The Kier molecular flexibility index (Phi) is 6.28. The van der Waals surface area contributed by atoms with E-state index in [1.807, 2.05) is 30.6 Å². The number of amides is 1. The number of likely N-dealkylation sites (tertiary alicyclic amines) is 1. The molecule has 1 rings (SSSR count). The monoisotopic (exact) mass is 270 g/mol. The predicted octanol–water partition coefficient (Wildman–Crippen LogP) is 1.43. The Labute approximate surface area is 115 Å². The zero-order valence-corrected chi connectivity index (χ0v) is 12.3. The first kappa shape index (κ1) is 16.0. The van der Waals surface area contributed by atoms with Crippen LogP contribution in [0.1, 0.15) is 40.0 Å². The summed E-state index contributed by atoms with van der Waals surface area (Å²) in [4.78, 5) is 26.9. The molecule has 0 radical (unpaired) electrons. The van der Waals surface area contributed by atoms with E-state index in [0.717, 1.165) is 32.5 Å². The Bertz CT molecular complexity index is 316. The quantitative estimate of drug-likeness (QED) is 0.760. The van der Waals surface area contributed by atoms with Crippen LogP contribution < -0.4 is 0 Å². The van der Waals surface area contributed by atoms with Crippen LogP contribution in [0.4, 0.5) is 0 Å². The van der Waals surface area contributed by atoms with E-state index in [1.54, 1.807) is 0 Å². The standard InChI is InChI=1S/C14H26N2O3/c1-4-15(5-2)12(17)7-6-9-16-10-8-11(3)13(16)14(18)19/h11,13H,4-10H2,1-3H3,(H,18,19). The van der Waals surface area contributed by atoms with Gasteiger partial charge in [0.2, 0.25) is 5.91 Å². The molecule has 1 heterocycles. The Morgan fingerprint density at radius 1 is 1.32 bits per heavy atom. The summed E-state index contributed by atoms with van der Waals surface area (Å²) < 4.78 is 0. The number of hydrogen-bond donors (Lipinski definition) is 1. The molecule has 0 saturated carbocycles. The molecule has 19 heavy (non-hydrogen) atoms. The van der Waals surface area contributed by atoms with Crippen molar-refractivity contribution in [2.24, 2.45) is 5.92 Å². The highest BCUT2D eigenvalue weighted by atomic mass is 16.4. The molecule has 110 valence electrons. The van der Waals surface area contributed by atoms with E-state index in [4.69, 9.17) is 0 Å². The summed E-state index contributed by atoms with van der Waals surface area (Å²) in [5.41, 5.74) is 0. The molecule has 0 aromatic heterocycles. The van der Waals surface area contributed by atoms with E-state index in [9.17, 15) is 14.7 Å². The Balaban J connectivity index is 2.37. The van der Waals surface area contributed by atoms with Crippen molar-refractivity contribution >= 4 is 11.9 Å². The predicted molar refractivity (Wildman–Crippen MR) is 73.9 cm³/mol. The highest BCUT2D eigenvalue weighted by Crippen LogP contribution is 2.24. The molecule has 0 aliphatic carbocycles. The highest BCUT2D eigenvalue weighted by molar-refractivity contribution is 5.76. The van der Waals surface area contributed by atoms with Gasteiger partial charge in [-0.25, -0.2) is 0 Å². The van der Waals surface area contributed by atoms with E-state index in [1.165, 1.54) is 0 Å². The van der Waals surface area contributed by atoms with Crippen LogP contribution in [0.5, 0.6) is 0 Å². The van der Waals surface area contributed by atoms with Crippen molar-refractivity contribution in [2.75, 3.05) is 26.2 Å². The van der Waals surface area contributed by atoms with Crippen molar-refractivity contribution in [3.05, 3.63) is 0 Å². The first-order chi connectivity index (χ1) is 9.01. The fraction of sp³-hybridized carbons (Fsp3) is 0.857. The summed E-state index contributed by atoms with van der Waals surface area (Å²) in [7, 11) is 0. The highest BCUT2D eigenvalue weighted by Gasteiger charge is 2.36. The van der Waals surface area contributed by atoms with Crippen LogP contribution >= 0.6 is 0 Å². The maximum Gasteiger partial charge on any atom is 0.321 e.